The predicted molar refractivity (Wildman–Crippen MR) is 63.4 cm³/mol. The summed E-state index contributed by atoms with van der Waals surface area (Å²) < 4.78 is 0. The van der Waals surface area contributed by atoms with Gasteiger partial charge in [-0.25, -0.2) is 4.79 Å². The standard InChI is InChI=1S/C12H17N3O/c1-9-6-7-13-8-11(9)15-12(16)14-10-4-2-3-5-10/h6-8,10H,2-5H2,1H3,(H2,14,15,16). The molecule has 0 saturated heterocycles. The first-order valence-corrected chi connectivity index (χ1v) is 5.74. The Kier molecular flexibility index (Phi) is 3.39. The highest BCUT2D eigenvalue weighted by atomic mass is 16.2. The maximum atomic E-state index is 11.7. The number of amides is 2. The van der Waals surface area contributed by atoms with E-state index >= 15 is 0 Å². The second kappa shape index (κ2) is 4.96. The van der Waals surface area contributed by atoms with Crippen LogP contribution in [0.4, 0.5) is 10.5 Å². The average molecular weight is 219 g/mol. The van der Waals surface area contributed by atoms with Gasteiger partial charge in [-0.05, 0) is 31.4 Å². The molecule has 4 heteroatoms. The maximum Gasteiger partial charge on any atom is 0.319 e. The van der Waals surface area contributed by atoms with Gasteiger partial charge in [0.1, 0.15) is 0 Å². The topological polar surface area (TPSA) is 54.0 Å². The highest BCUT2D eigenvalue weighted by molar-refractivity contribution is 5.90. The number of carbonyl (C=O) groups excluding carboxylic acids is 1. The zero-order valence-electron chi connectivity index (χ0n) is 9.49. The van der Waals surface area contributed by atoms with Crippen molar-refractivity contribution in [3.05, 3.63) is 24.0 Å². The van der Waals surface area contributed by atoms with Gasteiger partial charge >= 0.3 is 6.03 Å². The number of rotatable bonds is 2. The first-order valence-electron chi connectivity index (χ1n) is 5.74. The van der Waals surface area contributed by atoms with Crippen LogP contribution in [0, 0.1) is 6.92 Å². The smallest absolute Gasteiger partial charge is 0.319 e. The normalized spacial score (nSPS) is 16.1. The van der Waals surface area contributed by atoms with Crippen LogP contribution in [0.25, 0.3) is 0 Å². The van der Waals surface area contributed by atoms with E-state index in [1.54, 1.807) is 12.4 Å². The van der Waals surface area contributed by atoms with Crippen LogP contribution < -0.4 is 10.6 Å². The summed E-state index contributed by atoms with van der Waals surface area (Å²) in [7, 11) is 0. The molecule has 2 amide bonds. The lowest BCUT2D eigenvalue weighted by Crippen LogP contribution is -2.36. The van der Waals surface area contributed by atoms with E-state index in [-0.39, 0.29) is 6.03 Å². The summed E-state index contributed by atoms with van der Waals surface area (Å²) in [5.41, 5.74) is 1.80. The minimum absolute atomic E-state index is 0.122. The summed E-state index contributed by atoms with van der Waals surface area (Å²) in [4.78, 5) is 15.7. The van der Waals surface area contributed by atoms with Crippen LogP contribution in [-0.2, 0) is 0 Å². The first kappa shape index (κ1) is 10.9. The molecular formula is C12H17N3O. The highest BCUT2D eigenvalue weighted by Crippen LogP contribution is 2.18. The summed E-state index contributed by atoms with van der Waals surface area (Å²) in [6.45, 7) is 1.95. The minimum Gasteiger partial charge on any atom is -0.335 e. The molecule has 1 aromatic heterocycles. The molecule has 0 bridgehead atoms. The number of urea groups is 1. The Morgan fingerprint density at radius 3 is 2.88 bits per heavy atom. The Morgan fingerprint density at radius 2 is 2.19 bits per heavy atom. The van der Waals surface area contributed by atoms with E-state index in [1.165, 1.54) is 12.8 Å². The predicted octanol–water partition coefficient (Wildman–Crippen LogP) is 2.45. The van der Waals surface area contributed by atoms with Gasteiger partial charge in [-0.2, -0.15) is 0 Å². The lowest BCUT2D eigenvalue weighted by Gasteiger charge is -2.13. The molecule has 0 atom stereocenters. The van der Waals surface area contributed by atoms with Gasteiger partial charge < -0.3 is 10.6 Å². The summed E-state index contributed by atoms with van der Waals surface area (Å²) in [6, 6.07) is 2.10. The van der Waals surface area contributed by atoms with Crippen LogP contribution in [0.2, 0.25) is 0 Å². The second-order valence-electron chi connectivity index (χ2n) is 4.27. The lowest BCUT2D eigenvalue weighted by molar-refractivity contribution is 0.248. The van der Waals surface area contributed by atoms with E-state index in [0.717, 1.165) is 24.1 Å². The number of anilines is 1. The van der Waals surface area contributed by atoms with Crippen molar-refractivity contribution in [2.75, 3.05) is 5.32 Å². The molecule has 16 heavy (non-hydrogen) atoms. The number of hydrogen-bond acceptors (Lipinski definition) is 2. The SMILES string of the molecule is Cc1ccncc1NC(=O)NC1CCCC1. The summed E-state index contributed by atoms with van der Waals surface area (Å²) >= 11 is 0. The van der Waals surface area contributed by atoms with E-state index in [9.17, 15) is 4.79 Å². The van der Waals surface area contributed by atoms with Gasteiger partial charge in [0.25, 0.3) is 0 Å². The lowest BCUT2D eigenvalue weighted by atomic mass is 10.2. The number of aryl methyl sites for hydroxylation is 1. The van der Waals surface area contributed by atoms with Crippen LogP contribution in [0.15, 0.2) is 18.5 Å². The molecular weight excluding hydrogens is 202 g/mol. The Morgan fingerprint density at radius 1 is 1.44 bits per heavy atom. The van der Waals surface area contributed by atoms with Crippen molar-refractivity contribution in [3.8, 4) is 0 Å². The summed E-state index contributed by atoms with van der Waals surface area (Å²) in [5.74, 6) is 0. The third-order valence-corrected chi connectivity index (χ3v) is 2.98. The van der Waals surface area contributed by atoms with Crippen molar-refractivity contribution in [1.82, 2.24) is 10.3 Å². The van der Waals surface area contributed by atoms with Crippen LogP contribution >= 0.6 is 0 Å². The molecule has 2 N–H and O–H groups in total. The van der Waals surface area contributed by atoms with E-state index in [2.05, 4.69) is 15.6 Å². The zero-order chi connectivity index (χ0) is 11.4. The van der Waals surface area contributed by atoms with Crippen molar-refractivity contribution in [3.63, 3.8) is 0 Å². The van der Waals surface area contributed by atoms with Gasteiger partial charge in [-0.15, -0.1) is 0 Å². The van der Waals surface area contributed by atoms with Gasteiger partial charge in [0.15, 0.2) is 0 Å². The van der Waals surface area contributed by atoms with Crippen molar-refractivity contribution in [2.45, 2.75) is 38.6 Å². The molecule has 4 nitrogen and oxygen atoms in total. The Hall–Kier alpha value is -1.58. The van der Waals surface area contributed by atoms with E-state index < -0.39 is 0 Å². The molecule has 2 rings (SSSR count). The van der Waals surface area contributed by atoms with Crippen molar-refractivity contribution in [2.24, 2.45) is 0 Å². The monoisotopic (exact) mass is 219 g/mol. The molecule has 1 saturated carbocycles. The van der Waals surface area contributed by atoms with E-state index in [0.29, 0.717) is 6.04 Å². The van der Waals surface area contributed by atoms with Crippen molar-refractivity contribution >= 4 is 11.7 Å². The van der Waals surface area contributed by atoms with Gasteiger partial charge in [-0.1, -0.05) is 12.8 Å². The van der Waals surface area contributed by atoms with Crippen molar-refractivity contribution < 1.29 is 4.79 Å². The molecule has 1 aromatic rings. The Labute approximate surface area is 95.5 Å². The zero-order valence-corrected chi connectivity index (χ0v) is 9.49. The van der Waals surface area contributed by atoms with Crippen LogP contribution in [-0.4, -0.2) is 17.1 Å². The molecule has 0 aliphatic heterocycles. The number of hydrogen-bond donors (Lipinski definition) is 2. The quantitative estimate of drug-likeness (QED) is 0.802. The fraction of sp³-hybridized carbons (Fsp3) is 0.500. The molecule has 1 aliphatic rings. The average Bonchev–Trinajstić information content (AvgIpc) is 2.74. The molecule has 1 fully saturated rings. The van der Waals surface area contributed by atoms with Gasteiger partial charge in [0, 0.05) is 12.2 Å². The number of carbonyl (C=O) groups is 1. The van der Waals surface area contributed by atoms with Crippen molar-refractivity contribution in [1.29, 1.82) is 0 Å². The van der Waals surface area contributed by atoms with Gasteiger partial charge in [-0.3, -0.25) is 4.98 Å². The maximum absolute atomic E-state index is 11.7. The molecule has 0 spiro atoms. The number of pyridine rings is 1. The Balaban J connectivity index is 1.89. The second-order valence-corrected chi connectivity index (χ2v) is 4.27. The molecule has 0 unspecified atom stereocenters. The number of nitrogens with one attached hydrogen (secondary N) is 2. The molecule has 1 heterocycles. The van der Waals surface area contributed by atoms with Crippen LogP contribution in [0.3, 0.4) is 0 Å². The van der Waals surface area contributed by atoms with Gasteiger partial charge in [0.05, 0.1) is 11.9 Å². The third kappa shape index (κ3) is 2.72. The van der Waals surface area contributed by atoms with Crippen LogP contribution in [0.5, 0.6) is 0 Å². The first-order chi connectivity index (χ1) is 7.75. The Bertz CT molecular complexity index is 372. The molecule has 0 radical (unpaired) electrons. The van der Waals surface area contributed by atoms with Crippen LogP contribution in [0.1, 0.15) is 31.2 Å². The van der Waals surface area contributed by atoms with E-state index in [4.69, 9.17) is 0 Å². The fourth-order valence-electron chi connectivity index (χ4n) is 2.01. The molecule has 1 aliphatic carbocycles. The number of aromatic nitrogens is 1. The highest BCUT2D eigenvalue weighted by Gasteiger charge is 2.17. The third-order valence-electron chi connectivity index (χ3n) is 2.98. The largest absolute Gasteiger partial charge is 0.335 e. The minimum atomic E-state index is -0.122. The number of nitrogens with zero attached hydrogens (tertiary/aromatic N) is 1. The molecule has 86 valence electrons. The fourth-order valence-corrected chi connectivity index (χ4v) is 2.01. The van der Waals surface area contributed by atoms with E-state index in [1.807, 2.05) is 13.0 Å². The summed E-state index contributed by atoms with van der Waals surface area (Å²) in [5, 5.41) is 5.80. The van der Waals surface area contributed by atoms with Gasteiger partial charge in [0.2, 0.25) is 0 Å². The molecule has 0 aromatic carbocycles. The summed E-state index contributed by atoms with van der Waals surface area (Å²) in [6.07, 6.45) is 8.02.